The van der Waals surface area contributed by atoms with E-state index < -0.39 is 10.0 Å². The molecule has 1 aromatic rings. The SMILES string of the molecule is Cn1cc(S(=O)(=O)N2CCSC(C)(C)C2)cc1CCl. The van der Waals surface area contributed by atoms with Crippen molar-refractivity contribution in [1.29, 1.82) is 0 Å². The van der Waals surface area contributed by atoms with Gasteiger partial charge < -0.3 is 4.57 Å². The van der Waals surface area contributed by atoms with Gasteiger partial charge in [-0.3, -0.25) is 0 Å². The van der Waals surface area contributed by atoms with E-state index in [9.17, 15) is 8.42 Å². The second-order valence-corrected chi connectivity index (χ2v) is 9.37. The molecule has 0 aromatic carbocycles. The van der Waals surface area contributed by atoms with E-state index in [-0.39, 0.29) is 4.75 Å². The van der Waals surface area contributed by atoms with Gasteiger partial charge in [-0.05, 0) is 19.9 Å². The standard InChI is InChI=1S/C12H19ClN2O2S2/c1-12(2)9-15(4-5-18-12)19(16,17)11-6-10(7-13)14(3)8-11/h6,8H,4-5,7,9H2,1-3H3. The van der Waals surface area contributed by atoms with E-state index in [0.29, 0.717) is 23.9 Å². The molecule has 0 N–H and O–H groups in total. The molecular weight excluding hydrogens is 304 g/mol. The van der Waals surface area contributed by atoms with Gasteiger partial charge in [0.15, 0.2) is 0 Å². The molecule has 2 heterocycles. The molecule has 4 nitrogen and oxygen atoms in total. The van der Waals surface area contributed by atoms with Crippen LogP contribution in [-0.4, -0.2) is 40.9 Å². The first kappa shape index (κ1) is 15.2. The molecule has 0 atom stereocenters. The minimum Gasteiger partial charge on any atom is -0.352 e. The number of hydrogen-bond donors (Lipinski definition) is 0. The van der Waals surface area contributed by atoms with E-state index in [2.05, 4.69) is 13.8 Å². The molecule has 0 spiro atoms. The van der Waals surface area contributed by atoms with Crippen LogP contribution in [-0.2, 0) is 23.0 Å². The molecule has 1 aromatic heterocycles. The molecule has 0 aliphatic carbocycles. The van der Waals surface area contributed by atoms with Crippen LogP contribution in [0.15, 0.2) is 17.2 Å². The van der Waals surface area contributed by atoms with Crippen molar-refractivity contribution in [1.82, 2.24) is 8.87 Å². The smallest absolute Gasteiger partial charge is 0.244 e. The molecule has 0 unspecified atom stereocenters. The van der Waals surface area contributed by atoms with Gasteiger partial charge >= 0.3 is 0 Å². The van der Waals surface area contributed by atoms with Gasteiger partial charge in [0.05, 0.1) is 5.88 Å². The number of halogens is 1. The molecule has 2 rings (SSSR count). The lowest BCUT2D eigenvalue weighted by Gasteiger charge is -2.36. The fraction of sp³-hybridized carbons (Fsp3) is 0.667. The molecule has 0 radical (unpaired) electrons. The summed E-state index contributed by atoms with van der Waals surface area (Å²) < 4.78 is 28.5. The summed E-state index contributed by atoms with van der Waals surface area (Å²) in [6, 6.07) is 1.66. The highest BCUT2D eigenvalue weighted by Gasteiger charge is 2.35. The normalized spacial score (nSPS) is 20.6. The Balaban J connectivity index is 2.31. The Morgan fingerprint density at radius 3 is 2.68 bits per heavy atom. The quantitative estimate of drug-likeness (QED) is 0.802. The Labute approximate surface area is 124 Å². The number of sulfonamides is 1. The summed E-state index contributed by atoms with van der Waals surface area (Å²) in [6.45, 7) is 5.27. The van der Waals surface area contributed by atoms with Gasteiger partial charge in [-0.2, -0.15) is 16.1 Å². The van der Waals surface area contributed by atoms with Crippen molar-refractivity contribution in [3.8, 4) is 0 Å². The van der Waals surface area contributed by atoms with E-state index in [1.54, 1.807) is 21.1 Å². The van der Waals surface area contributed by atoms with E-state index in [4.69, 9.17) is 11.6 Å². The molecule has 1 aliphatic heterocycles. The van der Waals surface area contributed by atoms with Crippen LogP contribution in [0.3, 0.4) is 0 Å². The summed E-state index contributed by atoms with van der Waals surface area (Å²) in [7, 11) is -1.59. The topological polar surface area (TPSA) is 42.3 Å². The number of alkyl halides is 1. The molecule has 1 fully saturated rings. The second kappa shape index (κ2) is 5.31. The van der Waals surface area contributed by atoms with E-state index in [0.717, 1.165) is 11.4 Å². The number of aromatic nitrogens is 1. The first-order chi connectivity index (χ1) is 8.76. The molecule has 0 saturated carbocycles. The summed E-state index contributed by atoms with van der Waals surface area (Å²) in [5, 5.41) is 0. The van der Waals surface area contributed by atoms with Crippen LogP contribution < -0.4 is 0 Å². The average Bonchev–Trinajstić information content (AvgIpc) is 2.70. The van der Waals surface area contributed by atoms with Crippen LogP contribution in [0.25, 0.3) is 0 Å². The Kier molecular flexibility index (Phi) is 4.26. The Hall–Kier alpha value is -0.170. The third kappa shape index (κ3) is 3.12. The van der Waals surface area contributed by atoms with Crippen molar-refractivity contribution in [2.45, 2.75) is 29.4 Å². The van der Waals surface area contributed by atoms with Gasteiger partial charge in [0.2, 0.25) is 10.0 Å². The molecule has 19 heavy (non-hydrogen) atoms. The van der Waals surface area contributed by atoms with Gasteiger partial charge in [-0.25, -0.2) is 8.42 Å². The summed E-state index contributed by atoms with van der Waals surface area (Å²) in [5.41, 5.74) is 0.811. The molecule has 1 aliphatic rings. The van der Waals surface area contributed by atoms with Crippen molar-refractivity contribution < 1.29 is 8.42 Å². The maximum atomic E-state index is 12.6. The zero-order valence-corrected chi connectivity index (χ0v) is 13.8. The molecule has 7 heteroatoms. The third-order valence-electron chi connectivity index (χ3n) is 3.25. The number of thioether (sulfide) groups is 1. The van der Waals surface area contributed by atoms with Crippen LogP contribution in [0.5, 0.6) is 0 Å². The van der Waals surface area contributed by atoms with E-state index >= 15 is 0 Å². The fourth-order valence-corrected chi connectivity index (χ4v) is 5.45. The zero-order chi connectivity index (χ0) is 14.3. The van der Waals surface area contributed by atoms with Crippen LogP contribution >= 0.6 is 23.4 Å². The van der Waals surface area contributed by atoms with Crippen molar-refractivity contribution in [3.05, 3.63) is 18.0 Å². The van der Waals surface area contributed by atoms with Gasteiger partial charge in [-0.15, -0.1) is 11.6 Å². The van der Waals surface area contributed by atoms with Gasteiger partial charge in [-0.1, -0.05) is 0 Å². The first-order valence-corrected chi connectivity index (χ1v) is 9.07. The monoisotopic (exact) mass is 322 g/mol. The summed E-state index contributed by atoms with van der Waals surface area (Å²) in [4.78, 5) is 0.341. The third-order valence-corrected chi connectivity index (χ3v) is 6.63. The Bertz CT molecular complexity index is 566. The molecule has 0 bridgehead atoms. The Morgan fingerprint density at radius 2 is 2.16 bits per heavy atom. The van der Waals surface area contributed by atoms with Gasteiger partial charge in [0.1, 0.15) is 4.90 Å². The number of hydrogen-bond acceptors (Lipinski definition) is 3. The number of nitrogens with zero attached hydrogens (tertiary/aromatic N) is 2. The lowest BCUT2D eigenvalue weighted by molar-refractivity contribution is 0.387. The zero-order valence-electron chi connectivity index (χ0n) is 11.4. The molecule has 108 valence electrons. The maximum absolute atomic E-state index is 12.6. The van der Waals surface area contributed by atoms with Crippen molar-refractivity contribution in [2.75, 3.05) is 18.8 Å². The molecule has 1 saturated heterocycles. The number of rotatable bonds is 3. The summed E-state index contributed by atoms with van der Waals surface area (Å²) >= 11 is 7.61. The lowest BCUT2D eigenvalue weighted by atomic mass is 10.2. The number of aryl methyl sites for hydroxylation is 1. The Morgan fingerprint density at radius 1 is 1.47 bits per heavy atom. The minimum absolute atomic E-state index is 0.0323. The lowest BCUT2D eigenvalue weighted by Crippen LogP contribution is -2.45. The van der Waals surface area contributed by atoms with Crippen molar-refractivity contribution in [2.24, 2.45) is 7.05 Å². The van der Waals surface area contributed by atoms with Gasteiger partial charge in [0, 0.05) is 42.5 Å². The fourth-order valence-electron chi connectivity index (χ4n) is 2.18. The van der Waals surface area contributed by atoms with Crippen molar-refractivity contribution >= 4 is 33.4 Å². The van der Waals surface area contributed by atoms with E-state index in [1.165, 1.54) is 0 Å². The highest BCUT2D eigenvalue weighted by atomic mass is 35.5. The predicted octanol–water partition coefficient (Wildman–Crippen LogP) is 2.28. The predicted molar refractivity (Wildman–Crippen MR) is 80.3 cm³/mol. The first-order valence-electron chi connectivity index (χ1n) is 6.11. The highest BCUT2D eigenvalue weighted by molar-refractivity contribution is 8.00. The molecule has 0 amide bonds. The van der Waals surface area contributed by atoms with Crippen molar-refractivity contribution in [3.63, 3.8) is 0 Å². The average molecular weight is 323 g/mol. The van der Waals surface area contributed by atoms with Crippen LogP contribution in [0.2, 0.25) is 0 Å². The largest absolute Gasteiger partial charge is 0.352 e. The van der Waals surface area contributed by atoms with Gasteiger partial charge in [0.25, 0.3) is 0 Å². The van der Waals surface area contributed by atoms with Crippen LogP contribution in [0, 0.1) is 0 Å². The second-order valence-electron chi connectivity index (χ2n) is 5.36. The summed E-state index contributed by atoms with van der Waals surface area (Å²) in [6.07, 6.45) is 1.64. The molecular formula is C12H19ClN2O2S2. The minimum atomic E-state index is -3.40. The van der Waals surface area contributed by atoms with Crippen LogP contribution in [0.1, 0.15) is 19.5 Å². The summed E-state index contributed by atoms with van der Waals surface area (Å²) in [5.74, 6) is 1.15. The highest BCUT2D eigenvalue weighted by Crippen LogP contribution is 2.32. The maximum Gasteiger partial charge on any atom is 0.244 e. The van der Waals surface area contributed by atoms with Crippen LogP contribution in [0.4, 0.5) is 0 Å². The van der Waals surface area contributed by atoms with E-state index in [1.807, 2.05) is 18.8 Å².